The summed E-state index contributed by atoms with van der Waals surface area (Å²) in [7, 11) is 1.17. The number of carbonyl (C=O) groups excluding carboxylic acids is 2. The molecule has 92 valence electrons. The Labute approximate surface area is 101 Å². The molecule has 0 saturated carbocycles. The van der Waals surface area contributed by atoms with Gasteiger partial charge in [0.25, 0.3) is 0 Å². The first kappa shape index (κ1) is 13.1. The number of carbonyl (C=O) groups is 2. The molecule has 0 saturated heterocycles. The zero-order valence-corrected chi connectivity index (χ0v) is 10.2. The van der Waals surface area contributed by atoms with Gasteiger partial charge in [-0.05, 0) is 18.3 Å². The van der Waals surface area contributed by atoms with E-state index in [1.807, 2.05) is 0 Å². The molecule has 1 heterocycles. The maximum Gasteiger partial charge on any atom is 0.341 e. The van der Waals surface area contributed by atoms with Crippen LogP contribution in [0.25, 0.3) is 0 Å². The molecular weight excluding hydrogens is 248 g/mol. The van der Waals surface area contributed by atoms with Gasteiger partial charge in [-0.3, -0.25) is 14.9 Å². The quantitative estimate of drug-likeness (QED) is 0.505. The summed E-state index contributed by atoms with van der Waals surface area (Å²) >= 11 is 0.734. The molecule has 0 atom stereocenters. The number of nitrogens with one attached hydrogen (secondary N) is 1. The van der Waals surface area contributed by atoms with Gasteiger partial charge in [-0.1, -0.05) is 0 Å². The number of ether oxygens (including phenoxy) is 1. The van der Waals surface area contributed by atoms with E-state index in [4.69, 9.17) is 0 Å². The number of esters is 1. The largest absolute Gasteiger partial charge is 0.465 e. The van der Waals surface area contributed by atoms with Crippen LogP contribution in [0.3, 0.4) is 0 Å². The molecule has 7 nitrogen and oxygen atoms in total. The van der Waals surface area contributed by atoms with E-state index in [2.05, 4.69) is 10.1 Å². The summed E-state index contributed by atoms with van der Waals surface area (Å²) in [4.78, 5) is 32.6. The molecule has 0 aliphatic carbocycles. The fourth-order valence-corrected chi connectivity index (χ4v) is 2.33. The van der Waals surface area contributed by atoms with Crippen LogP contribution in [0.4, 0.5) is 10.0 Å². The van der Waals surface area contributed by atoms with Crippen molar-refractivity contribution in [3.05, 3.63) is 21.2 Å². The summed E-state index contributed by atoms with van der Waals surface area (Å²) in [6.45, 7) is 2.69. The smallest absolute Gasteiger partial charge is 0.341 e. The molecular formula is C9H10N2O5S. The van der Waals surface area contributed by atoms with E-state index in [1.165, 1.54) is 21.0 Å². The van der Waals surface area contributed by atoms with Crippen LogP contribution >= 0.6 is 11.3 Å². The molecule has 1 aromatic rings. The topological polar surface area (TPSA) is 98.5 Å². The Morgan fingerprint density at radius 3 is 2.47 bits per heavy atom. The Hall–Kier alpha value is -1.96. The average Bonchev–Trinajstić information content (AvgIpc) is 2.54. The van der Waals surface area contributed by atoms with E-state index < -0.39 is 16.8 Å². The highest BCUT2D eigenvalue weighted by Crippen LogP contribution is 2.38. The fraction of sp³-hybridized carbons (Fsp3) is 0.333. The first-order valence-corrected chi connectivity index (χ1v) is 5.33. The van der Waals surface area contributed by atoms with Gasteiger partial charge in [0.2, 0.25) is 5.91 Å². The molecule has 0 radical (unpaired) electrons. The van der Waals surface area contributed by atoms with Crippen LogP contribution in [0.5, 0.6) is 0 Å². The van der Waals surface area contributed by atoms with Gasteiger partial charge in [-0.15, -0.1) is 0 Å². The van der Waals surface area contributed by atoms with Crippen LogP contribution < -0.4 is 5.32 Å². The second-order valence-electron chi connectivity index (χ2n) is 3.17. The van der Waals surface area contributed by atoms with Gasteiger partial charge in [-0.25, -0.2) is 4.79 Å². The lowest BCUT2D eigenvalue weighted by atomic mass is 10.2. The minimum atomic E-state index is -0.712. The fourth-order valence-electron chi connectivity index (χ4n) is 1.27. The van der Waals surface area contributed by atoms with Crippen molar-refractivity contribution in [3.63, 3.8) is 0 Å². The predicted octanol–water partition coefficient (Wildman–Crippen LogP) is 1.71. The number of thiophene rings is 1. The van der Waals surface area contributed by atoms with Crippen molar-refractivity contribution in [1.29, 1.82) is 0 Å². The number of amides is 1. The van der Waals surface area contributed by atoms with Crippen LogP contribution in [0.2, 0.25) is 0 Å². The average molecular weight is 258 g/mol. The lowest BCUT2D eigenvalue weighted by Gasteiger charge is -2.02. The van der Waals surface area contributed by atoms with Crippen molar-refractivity contribution < 1.29 is 19.2 Å². The summed E-state index contributed by atoms with van der Waals surface area (Å²) in [5.74, 6) is -1.12. The number of anilines is 1. The number of methoxy groups -OCH3 is 1. The number of nitrogens with zero attached hydrogens (tertiary/aromatic N) is 1. The lowest BCUT2D eigenvalue weighted by Crippen LogP contribution is -2.10. The van der Waals surface area contributed by atoms with Gasteiger partial charge in [0.1, 0.15) is 10.6 Å². The lowest BCUT2D eigenvalue weighted by molar-refractivity contribution is -0.380. The normalized spacial score (nSPS) is 9.82. The van der Waals surface area contributed by atoms with Gasteiger partial charge < -0.3 is 10.1 Å². The van der Waals surface area contributed by atoms with Crippen LogP contribution in [-0.4, -0.2) is 23.9 Å². The molecule has 0 bridgehead atoms. The van der Waals surface area contributed by atoms with E-state index in [0.717, 1.165) is 11.3 Å². The number of nitro groups is 1. The highest BCUT2D eigenvalue weighted by atomic mass is 32.1. The maximum absolute atomic E-state index is 11.5. The van der Waals surface area contributed by atoms with E-state index in [9.17, 15) is 19.7 Å². The third-order valence-corrected chi connectivity index (χ3v) is 3.13. The van der Waals surface area contributed by atoms with Crippen molar-refractivity contribution in [2.75, 3.05) is 12.4 Å². The third kappa shape index (κ3) is 2.59. The van der Waals surface area contributed by atoms with Gasteiger partial charge in [0, 0.05) is 6.92 Å². The van der Waals surface area contributed by atoms with Gasteiger partial charge in [0.15, 0.2) is 0 Å². The molecule has 0 aromatic carbocycles. The second kappa shape index (κ2) is 4.91. The summed E-state index contributed by atoms with van der Waals surface area (Å²) in [6, 6.07) is 0. The molecule has 1 aromatic heterocycles. The van der Waals surface area contributed by atoms with E-state index in [1.54, 1.807) is 0 Å². The maximum atomic E-state index is 11.5. The number of rotatable bonds is 3. The number of hydrogen-bond donors (Lipinski definition) is 1. The minimum Gasteiger partial charge on any atom is -0.465 e. The van der Waals surface area contributed by atoms with E-state index in [0.29, 0.717) is 0 Å². The standard InChI is InChI=1S/C9H10N2O5S/c1-4-6(9(13)16-3)7(10-5(2)12)17-8(4)11(14)15/h1-3H3,(H,10,12). The first-order valence-electron chi connectivity index (χ1n) is 4.52. The first-order chi connectivity index (χ1) is 7.88. The van der Waals surface area contributed by atoms with Gasteiger partial charge in [0.05, 0.1) is 17.6 Å². The van der Waals surface area contributed by atoms with E-state index in [-0.39, 0.29) is 21.1 Å². The summed E-state index contributed by atoms with van der Waals surface area (Å²) in [5.41, 5.74) is 0.218. The SMILES string of the molecule is COC(=O)c1c(NC(C)=O)sc([N+](=O)[O-])c1C. The highest BCUT2D eigenvalue weighted by Gasteiger charge is 2.28. The molecule has 17 heavy (non-hydrogen) atoms. The van der Waals surface area contributed by atoms with Crippen LogP contribution in [-0.2, 0) is 9.53 Å². The third-order valence-electron chi connectivity index (χ3n) is 1.97. The molecule has 8 heteroatoms. The molecule has 0 spiro atoms. The molecule has 1 amide bonds. The molecule has 0 aliphatic rings. The Morgan fingerprint density at radius 2 is 2.06 bits per heavy atom. The Balaban J connectivity index is 3.36. The van der Waals surface area contributed by atoms with Crippen molar-refractivity contribution in [2.24, 2.45) is 0 Å². The number of hydrogen-bond acceptors (Lipinski definition) is 6. The van der Waals surface area contributed by atoms with Crippen LogP contribution in [0.15, 0.2) is 0 Å². The van der Waals surface area contributed by atoms with Crippen molar-refractivity contribution in [2.45, 2.75) is 13.8 Å². The van der Waals surface area contributed by atoms with Crippen molar-refractivity contribution in [3.8, 4) is 0 Å². The van der Waals surface area contributed by atoms with Gasteiger partial charge in [-0.2, -0.15) is 0 Å². The zero-order chi connectivity index (χ0) is 13.2. The minimum absolute atomic E-state index is 0.0272. The molecule has 0 fully saturated rings. The highest BCUT2D eigenvalue weighted by molar-refractivity contribution is 7.20. The monoisotopic (exact) mass is 258 g/mol. The van der Waals surface area contributed by atoms with Crippen LogP contribution in [0, 0.1) is 17.0 Å². The van der Waals surface area contributed by atoms with Crippen molar-refractivity contribution in [1.82, 2.24) is 0 Å². The second-order valence-corrected chi connectivity index (χ2v) is 4.17. The zero-order valence-electron chi connectivity index (χ0n) is 9.40. The molecule has 0 aliphatic heterocycles. The Bertz CT molecular complexity index is 494. The molecule has 1 N–H and O–H groups in total. The van der Waals surface area contributed by atoms with Gasteiger partial charge >= 0.3 is 11.0 Å². The van der Waals surface area contributed by atoms with E-state index >= 15 is 0 Å². The van der Waals surface area contributed by atoms with Crippen LogP contribution in [0.1, 0.15) is 22.8 Å². The summed E-state index contributed by atoms with van der Waals surface area (Å²) in [5, 5.41) is 13.1. The molecule has 1 rings (SSSR count). The molecule has 0 unspecified atom stereocenters. The van der Waals surface area contributed by atoms with Crippen molar-refractivity contribution >= 4 is 33.2 Å². The predicted molar refractivity (Wildman–Crippen MR) is 61.4 cm³/mol. The Morgan fingerprint density at radius 1 is 1.47 bits per heavy atom. The Kier molecular flexibility index (Phi) is 3.79. The summed E-state index contributed by atoms with van der Waals surface area (Å²) in [6.07, 6.45) is 0. The summed E-state index contributed by atoms with van der Waals surface area (Å²) < 4.78 is 4.53.